The molecule has 0 aromatic heterocycles. The molecule has 1 atom stereocenters. The van der Waals surface area contributed by atoms with Crippen molar-refractivity contribution in [2.75, 3.05) is 27.3 Å². The van der Waals surface area contributed by atoms with E-state index < -0.39 is 5.92 Å². The molecule has 0 radical (unpaired) electrons. The van der Waals surface area contributed by atoms with Crippen molar-refractivity contribution >= 4 is 5.91 Å². The molecule has 1 unspecified atom stereocenters. The third-order valence-electron chi connectivity index (χ3n) is 3.44. The van der Waals surface area contributed by atoms with Crippen LogP contribution in [0.2, 0.25) is 0 Å². The molecule has 1 amide bonds. The van der Waals surface area contributed by atoms with Gasteiger partial charge in [0.1, 0.15) is 17.4 Å². The smallest absolute Gasteiger partial charge is 0.240 e. The zero-order chi connectivity index (χ0) is 15.8. The van der Waals surface area contributed by atoms with E-state index in [1.165, 1.54) is 0 Å². The molecule has 5 heteroatoms. The molecule has 21 heavy (non-hydrogen) atoms. The highest BCUT2D eigenvalue weighted by molar-refractivity contribution is 5.81. The predicted molar refractivity (Wildman–Crippen MR) is 80.3 cm³/mol. The molecule has 1 aromatic carbocycles. The van der Waals surface area contributed by atoms with Gasteiger partial charge >= 0.3 is 0 Å². The first kappa shape index (κ1) is 16.8. The lowest BCUT2D eigenvalue weighted by Gasteiger charge is -2.22. The predicted octanol–water partition coefficient (Wildman–Crippen LogP) is 2.25. The van der Waals surface area contributed by atoms with Gasteiger partial charge in [-0.1, -0.05) is 0 Å². The summed E-state index contributed by atoms with van der Waals surface area (Å²) in [6, 6.07) is 7.47. The van der Waals surface area contributed by atoms with E-state index in [-0.39, 0.29) is 5.91 Å². The fourth-order valence-corrected chi connectivity index (χ4v) is 2.21. The van der Waals surface area contributed by atoms with Gasteiger partial charge in [0.25, 0.3) is 0 Å². The van der Waals surface area contributed by atoms with Crippen LogP contribution in [0.3, 0.4) is 0 Å². The van der Waals surface area contributed by atoms with Crippen LogP contribution < -0.4 is 9.47 Å². The second-order valence-corrected chi connectivity index (χ2v) is 4.57. The lowest BCUT2D eigenvalue weighted by Crippen LogP contribution is -2.36. The van der Waals surface area contributed by atoms with Gasteiger partial charge in [-0.15, -0.1) is 0 Å². The van der Waals surface area contributed by atoms with E-state index in [9.17, 15) is 10.1 Å². The number of carbonyl (C=O) groups is 1. The van der Waals surface area contributed by atoms with E-state index in [1.807, 2.05) is 13.8 Å². The minimum Gasteiger partial charge on any atom is -0.497 e. The fourth-order valence-electron chi connectivity index (χ4n) is 2.21. The van der Waals surface area contributed by atoms with Crippen LogP contribution in [0.25, 0.3) is 0 Å². The Morgan fingerprint density at radius 1 is 1.29 bits per heavy atom. The summed E-state index contributed by atoms with van der Waals surface area (Å²) in [7, 11) is 3.15. The average Bonchev–Trinajstić information content (AvgIpc) is 2.53. The van der Waals surface area contributed by atoms with Gasteiger partial charge in [0.05, 0.1) is 20.3 Å². The number of benzene rings is 1. The Kier molecular flexibility index (Phi) is 6.54. The van der Waals surface area contributed by atoms with E-state index >= 15 is 0 Å². The number of nitrogens with zero attached hydrogens (tertiary/aromatic N) is 2. The van der Waals surface area contributed by atoms with Gasteiger partial charge in [0, 0.05) is 19.5 Å². The Hall–Kier alpha value is -2.22. The molecule has 1 aromatic rings. The maximum absolute atomic E-state index is 12.3. The molecule has 5 nitrogen and oxygen atoms in total. The van der Waals surface area contributed by atoms with Crippen LogP contribution in [-0.2, 0) is 11.2 Å². The molecule has 1 rings (SSSR count). The maximum atomic E-state index is 12.3. The van der Waals surface area contributed by atoms with E-state index in [0.29, 0.717) is 31.0 Å². The minimum atomic E-state index is -0.717. The van der Waals surface area contributed by atoms with Crippen LogP contribution >= 0.6 is 0 Å². The van der Waals surface area contributed by atoms with Gasteiger partial charge in [-0.3, -0.25) is 4.79 Å². The van der Waals surface area contributed by atoms with E-state index in [1.54, 1.807) is 37.3 Å². The van der Waals surface area contributed by atoms with Crippen molar-refractivity contribution in [3.63, 3.8) is 0 Å². The summed E-state index contributed by atoms with van der Waals surface area (Å²) < 4.78 is 10.5. The molecule has 0 aliphatic rings. The number of carbonyl (C=O) groups excluding carboxylic acids is 1. The number of amides is 1. The first-order valence-corrected chi connectivity index (χ1v) is 7.00. The molecule has 0 bridgehead atoms. The monoisotopic (exact) mass is 290 g/mol. The Morgan fingerprint density at radius 3 is 2.43 bits per heavy atom. The first-order valence-electron chi connectivity index (χ1n) is 7.00. The molecular formula is C16H22N2O3. The number of hydrogen-bond acceptors (Lipinski definition) is 4. The van der Waals surface area contributed by atoms with Crippen molar-refractivity contribution in [2.45, 2.75) is 20.3 Å². The lowest BCUT2D eigenvalue weighted by atomic mass is 9.98. The van der Waals surface area contributed by atoms with Gasteiger partial charge < -0.3 is 14.4 Å². The summed E-state index contributed by atoms with van der Waals surface area (Å²) in [4.78, 5) is 14.0. The zero-order valence-electron chi connectivity index (χ0n) is 13.0. The zero-order valence-corrected chi connectivity index (χ0v) is 13.0. The van der Waals surface area contributed by atoms with Crippen molar-refractivity contribution in [1.29, 1.82) is 5.26 Å². The molecule has 0 saturated carbocycles. The molecule has 0 saturated heterocycles. The fraction of sp³-hybridized carbons (Fsp3) is 0.500. The molecule has 0 N–H and O–H groups in total. The van der Waals surface area contributed by atoms with Crippen molar-refractivity contribution in [3.8, 4) is 17.6 Å². The second-order valence-electron chi connectivity index (χ2n) is 4.57. The van der Waals surface area contributed by atoms with E-state index in [0.717, 1.165) is 5.56 Å². The third-order valence-corrected chi connectivity index (χ3v) is 3.44. The Bertz CT molecular complexity index is 519. The van der Waals surface area contributed by atoms with Gasteiger partial charge in [-0.05, 0) is 37.6 Å². The Morgan fingerprint density at radius 2 is 1.95 bits per heavy atom. The highest BCUT2D eigenvalue weighted by Gasteiger charge is 2.24. The molecular weight excluding hydrogens is 268 g/mol. The number of nitriles is 1. The van der Waals surface area contributed by atoms with Gasteiger partial charge in [-0.25, -0.2) is 0 Å². The van der Waals surface area contributed by atoms with Crippen LogP contribution in [0, 0.1) is 17.2 Å². The molecule has 0 heterocycles. The highest BCUT2D eigenvalue weighted by atomic mass is 16.5. The van der Waals surface area contributed by atoms with E-state index in [4.69, 9.17) is 9.47 Å². The van der Waals surface area contributed by atoms with Crippen LogP contribution in [0.5, 0.6) is 11.5 Å². The summed E-state index contributed by atoms with van der Waals surface area (Å²) in [6.45, 7) is 5.01. The highest BCUT2D eigenvalue weighted by Crippen LogP contribution is 2.26. The number of rotatable bonds is 7. The van der Waals surface area contributed by atoms with Crippen molar-refractivity contribution in [2.24, 2.45) is 5.92 Å². The van der Waals surface area contributed by atoms with Crippen LogP contribution in [-0.4, -0.2) is 38.1 Å². The maximum Gasteiger partial charge on any atom is 0.240 e. The molecule has 0 aliphatic carbocycles. The number of ether oxygens (including phenoxy) is 2. The third kappa shape index (κ3) is 4.12. The van der Waals surface area contributed by atoms with Gasteiger partial charge in [-0.2, -0.15) is 5.26 Å². The summed E-state index contributed by atoms with van der Waals surface area (Å²) in [5.41, 5.74) is 0.795. The molecule has 0 aliphatic heterocycles. The van der Waals surface area contributed by atoms with Crippen molar-refractivity contribution in [3.05, 3.63) is 23.8 Å². The number of hydrogen-bond donors (Lipinski definition) is 0. The topological polar surface area (TPSA) is 62.6 Å². The van der Waals surface area contributed by atoms with Gasteiger partial charge in [0.15, 0.2) is 0 Å². The van der Waals surface area contributed by atoms with Crippen LogP contribution in [0.15, 0.2) is 18.2 Å². The standard InChI is InChI=1S/C16H22N2O3/c1-5-18(6-2)16(19)13(11-17)9-12-10-14(20-3)7-8-15(12)21-4/h7-8,10,13H,5-6,9H2,1-4H3. The van der Waals surface area contributed by atoms with Crippen molar-refractivity contribution in [1.82, 2.24) is 4.90 Å². The van der Waals surface area contributed by atoms with Crippen molar-refractivity contribution < 1.29 is 14.3 Å². The lowest BCUT2D eigenvalue weighted by molar-refractivity contribution is -0.133. The molecule has 0 fully saturated rings. The van der Waals surface area contributed by atoms with E-state index in [2.05, 4.69) is 6.07 Å². The molecule has 0 spiro atoms. The Labute approximate surface area is 126 Å². The summed E-state index contributed by atoms with van der Waals surface area (Å²) in [5.74, 6) is 0.472. The second kappa shape index (κ2) is 8.15. The first-order chi connectivity index (χ1) is 10.1. The summed E-state index contributed by atoms with van der Waals surface area (Å²) in [5, 5.41) is 9.32. The largest absolute Gasteiger partial charge is 0.497 e. The SMILES string of the molecule is CCN(CC)C(=O)C(C#N)Cc1cc(OC)ccc1OC. The summed E-state index contributed by atoms with van der Waals surface area (Å²) >= 11 is 0. The minimum absolute atomic E-state index is 0.146. The van der Waals surface area contributed by atoms with Crippen LogP contribution in [0.1, 0.15) is 19.4 Å². The average molecular weight is 290 g/mol. The Balaban J connectivity index is 3.01. The quantitative estimate of drug-likeness (QED) is 0.772. The number of methoxy groups -OCH3 is 2. The van der Waals surface area contributed by atoms with Gasteiger partial charge in [0.2, 0.25) is 5.91 Å². The molecule has 114 valence electrons. The van der Waals surface area contributed by atoms with Crippen LogP contribution in [0.4, 0.5) is 0 Å². The normalized spacial score (nSPS) is 11.4. The summed E-state index contributed by atoms with van der Waals surface area (Å²) in [6.07, 6.45) is 0.312.